The Kier molecular flexibility index (Phi) is 7.11. The lowest BCUT2D eigenvalue weighted by atomic mass is 9.96. The van der Waals surface area contributed by atoms with Gasteiger partial charge in [-0.25, -0.2) is 0 Å². The summed E-state index contributed by atoms with van der Waals surface area (Å²) in [7, 11) is 0. The van der Waals surface area contributed by atoms with Gasteiger partial charge in [0.15, 0.2) is 12.1 Å². The maximum atomic E-state index is 12.2. The van der Waals surface area contributed by atoms with Gasteiger partial charge in [0, 0.05) is 41.3 Å². The Hall–Kier alpha value is -3.73. The highest BCUT2D eigenvalue weighted by molar-refractivity contribution is 6.19. The van der Waals surface area contributed by atoms with Gasteiger partial charge in [0.25, 0.3) is 0 Å². The fourth-order valence-electron chi connectivity index (χ4n) is 3.28. The van der Waals surface area contributed by atoms with Crippen molar-refractivity contribution in [2.75, 3.05) is 12.3 Å². The predicted molar refractivity (Wildman–Crippen MR) is 121 cm³/mol. The maximum absolute atomic E-state index is 12.2. The number of nitrogens with two attached hydrogens (primary N) is 1. The number of nitrogen functional groups attached to an aromatic ring is 1. The van der Waals surface area contributed by atoms with Gasteiger partial charge in [0.2, 0.25) is 0 Å². The molecule has 0 unspecified atom stereocenters. The number of aldehydes is 1. The maximum Gasteiger partial charge on any atom is 0.159 e. The Bertz CT molecular complexity index is 1040. The fraction of sp³-hybridized carbons (Fsp3) is 0.160. The van der Waals surface area contributed by atoms with E-state index in [4.69, 9.17) is 5.73 Å². The lowest BCUT2D eigenvalue weighted by Gasteiger charge is -2.17. The minimum Gasteiger partial charge on any atom is -0.398 e. The van der Waals surface area contributed by atoms with E-state index in [-0.39, 0.29) is 5.78 Å². The van der Waals surface area contributed by atoms with Gasteiger partial charge < -0.3 is 11.1 Å². The normalized spacial score (nSPS) is 11.5. The van der Waals surface area contributed by atoms with Crippen molar-refractivity contribution in [3.8, 4) is 0 Å². The highest BCUT2D eigenvalue weighted by Crippen LogP contribution is 2.28. The number of carbonyl (C=O) groups excluding carboxylic acids is 2. The van der Waals surface area contributed by atoms with Crippen LogP contribution < -0.4 is 11.1 Å². The Morgan fingerprint density at radius 3 is 2.53 bits per heavy atom. The number of hydrogen-bond acceptors (Lipinski definition) is 5. The third kappa shape index (κ3) is 5.20. The molecule has 0 bridgehead atoms. The molecule has 0 aliphatic heterocycles. The molecule has 0 fully saturated rings. The number of nitrogens with zero attached hydrogens (tertiary/aromatic N) is 1. The highest BCUT2D eigenvalue weighted by atomic mass is 16.1. The van der Waals surface area contributed by atoms with Gasteiger partial charge in [0.1, 0.15) is 0 Å². The number of aryl methyl sites for hydroxylation is 1. The van der Waals surface area contributed by atoms with Crippen molar-refractivity contribution in [2.24, 2.45) is 0 Å². The molecule has 0 saturated heterocycles. The fourth-order valence-corrected chi connectivity index (χ4v) is 3.28. The summed E-state index contributed by atoms with van der Waals surface area (Å²) in [6.07, 6.45) is 6.16. The Morgan fingerprint density at radius 2 is 1.87 bits per heavy atom. The number of nitrogens with one attached hydrogen (secondary N) is 1. The molecule has 2 aromatic carbocycles. The van der Waals surface area contributed by atoms with Gasteiger partial charge in [-0.1, -0.05) is 36.4 Å². The van der Waals surface area contributed by atoms with Crippen molar-refractivity contribution in [3.05, 3.63) is 95.3 Å². The lowest BCUT2D eigenvalue weighted by Crippen LogP contribution is -2.17. The van der Waals surface area contributed by atoms with E-state index in [1.54, 1.807) is 24.4 Å². The van der Waals surface area contributed by atoms with Crippen LogP contribution in [0.25, 0.3) is 11.3 Å². The van der Waals surface area contributed by atoms with E-state index in [1.165, 1.54) is 12.5 Å². The molecule has 0 aliphatic rings. The number of carbonyl (C=O) groups is 2. The standard InChI is InChI=1S/C25H25N3O2/c1-18(30)21-11-12-24(26)22(15-21)23(17-29)25(20-9-3-2-4-10-20)28-14-6-8-19-7-5-13-27-16-19/h2-5,7,9-13,15-17,28H,6,8,14,26H2,1H3/b25-23+. The Labute approximate surface area is 176 Å². The molecule has 3 aromatic rings. The average molecular weight is 399 g/mol. The first-order chi connectivity index (χ1) is 14.6. The SMILES string of the molecule is CC(=O)c1ccc(N)c(/C(C=O)=C(/NCCCc2cccnc2)c2ccccc2)c1. The van der Waals surface area contributed by atoms with Crippen LogP contribution in [0.5, 0.6) is 0 Å². The van der Waals surface area contributed by atoms with Crippen LogP contribution in [-0.4, -0.2) is 23.6 Å². The Balaban J connectivity index is 1.93. The molecule has 0 atom stereocenters. The largest absolute Gasteiger partial charge is 0.398 e. The summed E-state index contributed by atoms with van der Waals surface area (Å²) in [6, 6.07) is 18.6. The number of rotatable bonds is 9. The van der Waals surface area contributed by atoms with Crippen LogP contribution in [-0.2, 0) is 11.2 Å². The van der Waals surface area contributed by atoms with Gasteiger partial charge in [-0.15, -0.1) is 0 Å². The zero-order chi connectivity index (χ0) is 21.3. The van der Waals surface area contributed by atoms with Crippen LogP contribution in [0.3, 0.4) is 0 Å². The van der Waals surface area contributed by atoms with Gasteiger partial charge in [0.05, 0.1) is 5.70 Å². The van der Waals surface area contributed by atoms with E-state index in [9.17, 15) is 9.59 Å². The second kappa shape index (κ2) is 10.2. The lowest BCUT2D eigenvalue weighted by molar-refractivity contribution is -0.103. The summed E-state index contributed by atoms with van der Waals surface area (Å²) in [5.74, 6) is -0.0767. The number of ketones is 1. The third-order valence-electron chi connectivity index (χ3n) is 4.87. The van der Waals surface area contributed by atoms with Crippen LogP contribution in [0, 0.1) is 0 Å². The molecule has 1 heterocycles. The summed E-state index contributed by atoms with van der Waals surface area (Å²) in [5, 5.41) is 3.42. The Morgan fingerprint density at radius 1 is 1.07 bits per heavy atom. The van der Waals surface area contributed by atoms with Crippen LogP contribution in [0.1, 0.15) is 40.4 Å². The summed E-state index contributed by atoms with van der Waals surface area (Å²) in [5.41, 5.74) is 10.9. The monoisotopic (exact) mass is 399 g/mol. The number of benzene rings is 2. The first kappa shape index (κ1) is 21.0. The number of anilines is 1. The van der Waals surface area contributed by atoms with Crippen molar-refractivity contribution in [2.45, 2.75) is 19.8 Å². The molecular formula is C25H25N3O2. The molecule has 1 aromatic heterocycles. The molecule has 5 nitrogen and oxygen atoms in total. The zero-order valence-electron chi connectivity index (χ0n) is 17.0. The van der Waals surface area contributed by atoms with E-state index < -0.39 is 0 Å². The molecular weight excluding hydrogens is 374 g/mol. The molecule has 0 radical (unpaired) electrons. The van der Waals surface area contributed by atoms with E-state index >= 15 is 0 Å². The quantitative estimate of drug-likeness (QED) is 0.141. The first-order valence-corrected chi connectivity index (χ1v) is 9.88. The number of hydrogen-bond donors (Lipinski definition) is 2. The molecule has 0 amide bonds. The summed E-state index contributed by atoms with van der Waals surface area (Å²) in [4.78, 5) is 28.1. The smallest absolute Gasteiger partial charge is 0.159 e. The van der Waals surface area contributed by atoms with Crippen molar-refractivity contribution in [1.29, 1.82) is 0 Å². The average Bonchev–Trinajstić information content (AvgIpc) is 2.78. The first-order valence-electron chi connectivity index (χ1n) is 9.88. The molecule has 5 heteroatoms. The van der Waals surface area contributed by atoms with E-state index in [1.807, 2.05) is 48.7 Å². The van der Waals surface area contributed by atoms with Gasteiger partial charge in [-0.05, 0) is 55.2 Å². The predicted octanol–water partition coefficient (Wildman–Crippen LogP) is 4.16. The summed E-state index contributed by atoms with van der Waals surface area (Å²) >= 11 is 0. The molecule has 0 aliphatic carbocycles. The number of allylic oxidation sites excluding steroid dienone is 1. The topological polar surface area (TPSA) is 85.1 Å². The van der Waals surface area contributed by atoms with E-state index in [2.05, 4.69) is 10.3 Å². The minimum absolute atomic E-state index is 0.0767. The molecule has 0 spiro atoms. The van der Waals surface area contributed by atoms with Crippen molar-refractivity contribution in [3.63, 3.8) is 0 Å². The zero-order valence-corrected chi connectivity index (χ0v) is 17.0. The van der Waals surface area contributed by atoms with Crippen LogP contribution in [0.15, 0.2) is 73.1 Å². The van der Waals surface area contributed by atoms with Crippen LogP contribution in [0.2, 0.25) is 0 Å². The number of Topliss-reactive ketones (excluding diaryl/α,β-unsaturated/α-hetero) is 1. The molecule has 30 heavy (non-hydrogen) atoms. The van der Waals surface area contributed by atoms with Gasteiger partial charge in [-0.3, -0.25) is 14.6 Å². The van der Waals surface area contributed by atoms with Crippen molar-refractivity contribution < 1.29 is 9.59 Å². The summed E-state index contributed by atoms with van der Waals surface area (Å²) < 4.78 is 0. The number of pyridine rings is 1. The summed E-state index contributed by atoms with van der Waals surface area (Å²) in [6.45, 7) is 2.16. The molecule has 3 N–H and O–H groups in total. The molecule has 152 valence electrons. The van der Waals surface area contributed by atoms with Crippen molar-refractivity contribution >= 4 is 29.0 Å². The van der Waals surface area contributed by atoms with Gasteiger partial charge >= 0.3 is 0 Å². The number of aromatic nitrogens is 1. The second-order valence-electron chi connectivity index (χ2n) is 7.02. The van der Waals surface area contributed by atoms with Crippen LogP contribution in [0.4, 0.5) is 5.69 Å². The molecule has 3 rings (SSSR count). The van der Waals surface area contributed by atoms with Gasteiger partial charge in [-0.2, -0.15) is 0 Å². The highest BCUT2D eigenvalue weighted by Gasteiger charge is 2.15. The van der Waals surface area contributed by atoms with Crippen molar-refractivity contribution in [1.82, 2.24) is 10.3 Å². The minimum atomic E-state index is -0.0767. The van der Waals surface area contributed by atoms with Crippen LogP contribution >= 0.6 is 0 Å². The molecule has 0 saturated carbocycles. The van der Waals surface area contributed by atoms with E-state index in [0.717, 1.165) is 24.7 Å². The van der Waals surface area contributed by atoms with E-state index in [0.29, 0.717) is 34.6 Å². The second-order valence-corrected chi connectivity index (χ2v) is 7.02. The third-order valence-corrected chi connectivity index (χ3v) is 4.87.